The predicted octanol–water partition coefficient (Wildman–Crippen LogP) is 2.97. The van der Waals surface area contributed by atoms with Crippen LogP contribution in [0.15, 0.2) is 23.4 Å². The number of carbonyl (C=O) groups is 1. The van der Waals surface area contributed by atoms with Crippen molar-refractivity contribution >= 4 is 40.5 Å². The van der Waals surface area contributed by atoms with Crippen LogP contribution in [0.3, 0.4) is 0 Å². The molecule has 0 aliphatic carbocycles. The number of aliphatic carboxylic acids is 1. The van der Waals surface area contributed by atoms with Gasteiger partial charge in [-0.05, 0) is 30.6 Å². The lowest BCUT2D eigenvalue weighted by molar-refractivity contribution is -0.133. The zero-order valence-electron chi connectivity index (χ0n) is 12.0. The lowest BCUT2D eigenvalue weighted by Crippen LogP contribution is -2.04. The molecule has 0 spiro atoms. The van der Waals surface area contributed by atoms with E-state index in [1.54, 1.807) is 18.9 Å². The highest BCUT2D eigenvalue weighted by Gasteiger charge is 2.13. The molecule has 7 heteroatoms. The lowest BCUT2D eigenvalue weighted by Gasteiger charge is -2.08. The summed E-state index contributed by atoms with van der Waals surface area (Å²) >= 11 is 3.06. The van der Waals surface area contributed by atoms with Gasteiger partial charge in [-0.15, -0.1) is 0 Å². The van der Waals surface area contributed by atoms with Gasteiger partial charge in [-0.2, -0.15) is 11.8 Å². The summed E-state index contributed by atoms with van der Waals surface area (Å²) in [6.45, 7) is 0.839. The van der Waals surface area contributed by atoms with Gasteiger partial charge in [-0.1, -0.05) is 11.8 Å². The molecule has 2 rings (SSSR count). The molecule has 1 aromatic heterocycles. The van der Waals surface area contributed by atoms with Crippen molar-refractivity contribution in [2.75, 3.05) is 24.9 Å². The van der Waals surface area contributed by atoms with Crippen LogP contribution in [-0.4, -0.2) is 45.5 Å². The average molecular weight is 326 g/mol. The van der Waals surface area contributed by atoms with E-state index in [9.17, 15) is 4.79 Å². The number of imidazole rings is 1. The fourth-order valence-electron chi connectivity index (χ4n) is 2.03. The standard InChI is InChI=1S/C14H18N2O3S2/c1-19-10-4-5-12-11(8-10)15-14(21-9-13(17)18)16(12)6-3-7-20-2/h4-5,8H,3,6-7,9H2,1-2H3,(H,17,18). The van der Waals surface area contributed by atoms with E-state index < -0.39 is 5.97 Å². The summed E-state index contributed by atoms with van der Waals surface area (Å²) in [4.78, 5) is 15.3. The largest absolute Gasteiger partial charge is 0.497 e. The van der Waals surface area contributed by atoms with Crippen molar-refractivity contribution in [2.24, 2.45) is 0 Å². The van der Waals surface area contributed by atoms with E-state index in [1.165, 1.54) is 11.8 Å². The first-order valence-corrected chi connectivity index (χ1v) is 8.91. The van der Waals surface area contributed by atoms with E-state index in [-0.39, 0.29) is 5.75 Å². The molecule has 0 saturated carbocycles. The van der Waals surface area contributed by atoms with Crippen LogP contribution in [0.1, 0.15) is 6.42 Å². The van der Waals surface area contributed by atoms with Crippen molar-refractivity contribution in [3.8, 4) is 5.75 Å². The first-order chi connectivity index (χ1) is 10.2. The Hall–Kier alpha value is -1.34. The maximum absolute atomic E-state index is 10.8. The van der Waals surface area contributed by atoms with Crippen molar-refractivity contribution < 1.29 is 14.6 Å². The monoisotopic (exact) mass is 326 g/mol. The van der Waals surface area contributed by atoms with Gasteiger partial charge in [-0.3, -0.25) is 4.79 Å². The molecule has 0 aliphatic heterocycles. The van der Waals surface area contributed by atoms with Crippen molar-refractivity contribution in [1.82, 2.24) is 9.55 Å². The van der Waals surface area contributed by atoms with Gasteiger partial charge in [0.05, 0.1) is 23.9 Å². The summed E-state index contributed by atoms with van der Waals surface area (Å²) in [5.74, 6) is 1.01. The molecular weight excluding hydrogens is 308 g/mol. The Labute approximate surface area is 132 Å². The first-order valence-electron chi connectivity index (χ1n) is 6.53. The fourth-order valence-corrected chi connectivity index (χ4v) is 3.21. The van der Waals surface area contributed by atoms with Crippen molar-refractivity contribution in [3.05, 3.63) is 18.2 Å². The quantitative estimate of drug-likeness (QED) is 0.594. The molecule has 0 amide bonds. The molecular formula is C14H18N2O3S2. The summed E-state index contributed by atoms with van der Waals surface area (Å²) in [5.41, 5.74) is 1.86. The van der Waals surface area contributed by atoms with Gasteiger partial charge in [0.25, 0.3) is 0 Å². The second kappa shape index (κ2) is 7.61. The topological polar surface area (TPSA) is 64.3 Å². The molecule has 21 heavy (non-hydrogen) atoms. The minimum Gasteiger partial charge on any atom is -0.497 e. The second-order valence-electron chi connectivity index (χ2n) is 4.43. The Morgan fingerprint density at radius 2 is 2.29 bits per heavy atom. The zero-order valence-corrected chi connectivity index (χ0v) is 13.7. The van der Waals surface area contributed by atoms with E-state index >= 15 is 0 Å². The molecule has 0 radical (unpaired) electrons. The molecule has 5 nitrogen and oxygen atoms in total. The molecule has 2 aromatic rings. The van der Waals surface area contributed by atoms with E-state index in [4.69, 9.17) is 9.84 Å². The van der Waals surface area contributed by atoms with Gasteiger partial charge in [-0.25, -0.2) is 4.98 Å². The minimum atomic E-state index is -0.833. The third-order valence-electron chi connectivity index (χ3n) is 2.98. The minimum absolute atomic E-state index is 0.0168. The molecule has 114 valence electrons. The van der Waals surface area contributed by atoms with Gasteiger partial charge in [0.1, 0.15) is 5.75 Å². The summed E-state index contributed by atoms with van der Waals surface area (Å²) < 4.78 is 7.31. The number of carboxylic acid groups (broad SMARTS) is 1. The van der Waals surface area contributed by atoms with Gasteiger partial charge < -0.3 is 14.4 Å². The first kappa shape index (κ1) is 16.0. The number of rotatable bonds is 8. The number of hydrogen-bond donors (Lipinski definition) is 1. The van der Waals surface area contributed by atoms with Crippen molar-refractivity contribution in [3.63, 3.8) is 0 Å². The molecule has 0 fully saturated rings. The van der Waals surface area contributed by atoms with Crippen molar-refractivity contribution in [2.45, 2.75) is 18.1 Å². The third-order valence-corrected chi connectivity index (χ3v) is 4.63. The van der Waals surface area contributed by atoms with Crippen LogP contribution in [0.5, 0.6) is 5.75 Å². The molecule has 0 unspecified atom stereocenters. The number of thioether (sulfide) groups is 2. The second-order valence-corrected chi connectivity index (χ2v) is 6.36. The third kappa shape index (κ3) is 4.07. The number of aromatic nitrogens is 2. The highest BCUT2D eigenvalue weighted by molar-refractivity contribution is 7.99. The Bertz CT molecular complexity index is 628. The number of hydrogen-bond acceptors (Lipinski definition) is 5. The number of methoxy groups -OCH3 is 1. The van der Waals surface area contributed by atoms with Crippen molar-refractivity contribution in [1.29, 1.82) is 0 Å². The number of benzene rings is 1. The van der Waals surface area contributed by atoms with E-state index in [1.807, 2.05) is 18.2 Å². The smallest absolute Gasteiger partial charge is 0.313 e. The Balaban J connectivity index is 2.33. The molecule has 1 aromatic carbocycles. The number of nitrogens with zero attached hydrogens (tertiary/aromatic N) is 2. The van der Waals surface area contributed by atoms with Gasteiger partial charge >= 0.3 is 5.97 Å². The van der Waals surface area contributed by atoms with Gasteiger partial charge in [0.15, 0.2) is 5.16 Å². The normalized spacial score (nSPS) is 11.0. The number of fused-ring (bicyclic) bond motifs is 1. The maximum Gasteiger partial charge on any atom is 0.313 e. The Kier molecular flexibility index (Phi) is 5.81. The fraction of sp³-hybridized carbons (Fsp3) is 0.429. The molecule has 0 atom stereocenters. The highest BCUT2D eigenvalue weighted by Crippen LogP contribution is 2.27. The van der Waals surface area contributed by atoms with Crippen LogP contribution in [0, 0.1) is 0 Å². The van der Waals surface area contributed by atoms with Crippen LogP contribution in [0.25, 0.3) is 11.0 Å². The van der Waals surface area contributed by atoms with E-state index in [0.717, 1.165) is 40.7 Å². The van der Waals surface area contributed by atoms with Gasteiger partial charge in [0.2, 0.25) is 0 Å². The average Bonchev–Trinajstić information content (AvgIpc) is 2.82. The summed E-state index contributed by atoms with van der Waals surface area (Å²) in [6, 6.07) is 5.76. The van der Waals surface area contributed by atoms with Crippen LogP contribution in [0.2, 0.25) is 0 Å². The Morgan fingerprint density at radius 3 is 2.95 bits per heavy atom. The van der Waals surface area contributed by atoms with Crippen LogP contribution < -0.4 is 4.74 Å². The van der Waals surface area contributed by atoms with Crippen LogP contribution in [-0.2, 0) is 11.3 Å². The van der Waals surface area contributed by atoms with E-state index in [0.29, 0.717) is 0 Å². The Morgan fingerprint density at radius 1 is 1.48 bits per heavy atom. The number of aryl methyl sites for hydroxylation is 1. The summed E-state index contributed by atoms with van der Waals surface area (Å²) in [5, 5.41) is 9.61. The molecule has 0 aliphatic rings. The SMILES string of the molecule is COc1ccc2c(c1)nc(SCC(=O)O)n2CCCSC. The predicted molar refractivity (Wildman–Crippen MR) is 87.6 cm³/mol. The molecule has 1 heterocycles. The highest BCUT2D eigenvalue weighted by atomic mass is 32.2. The number of carboxylic acids is 1. The summed E-state index contributed by atoms with van der Waals surface area (Å²) in [6.07, 6.45) is 3.11. The van der Waals surface area contributed by atoms with Crippen LogP contribution in [0.4, 0.5) is 0 Å². The van der Waals surface area contributed by atoms with Gasteiger partial charge in [0, 0.05) is 12.6 Å². The lowest BCUT2D eigenvalue weighted by atomic mass is 10.3. The van der Waals surface area contributed by atoms with Crippen LogP contribution >= 0.6 is 23.5 Å². The molecule has 1 N–H and O–H groups in total. The molecule has 0 saturated heterocycles. The zero-order chi connectivity index (χ0) is 15.2. The maximum atomic E-state index is 10.8. The van der Waals surface area contributed by atoms with E-state index in [2.05, 4.69) is 15.8 Å². The number of ether oxygens (including phenoxy) is 1. The molecule has 0 bridgehead atoms. The summed E-state index contributed by atoms with van der Waals surface area (Å²) in [7, 11) is 1.62.